The number of fused-ring (bicyclic) bond motifs is 2. The number of hydrogen-bond donors (Lipinski definition) is 2. The Morgan fingerprint density at radius 2 is 1.77 bits per heavy atom. The van der Waals surface area contributed by atoms with Crippen LogP contribution in [0, 0.1) is 12.7 Å². The van der Waals surface area contributed by atoms with Crippen LogP contribution in [-0.4, -0.2) is 46.9 Å². The maximum absolute atomic E-state index is 15.3. The first kappa shape index (κ1) is 28.6. The molecule has 0 aliphatic carbocycles. The van der Waals surface area contributed by atoms with Crippen molar-refractivity contribution in [2.75, 3.05) is 24.4 Å². The molecule has 0 fully saturated rings. The fourth-order valence-electron chi connectivity index (χ4n) is 4.74. The van der Waals surface area contributed by atoms with Gasteiger partial charge in [0.1, 0.15) is 23.1 Å². The van der Waals surface area contributed by atoms with Crippen molar-refractivity contribution >= 4 is 28.3 Å². The van der Waals surface area contributed by atoms with Crippen LogP contribution in [-0.2, 0) is 21.1 Å². The molecule has 2 aromatic carbocycles. The molecule has 0 saturated heterocycles. The lowest BCUT2D eigenvalue weighted by Gasteiger charge is -2.30. The highest BCUT2D eigenvalue weighted by Crippen LogP contribution is 2.52. The maximum Gasteiger partial charge on any atom is 0.431 e. The molecular weight excluding hydrogens is 530 g/mol. The summed E-state index contributed by atoms with van der Waals surface area (Å²) in [7, 11) is 1.97. The molecule has 1 aromatic heterocycles. The highest BCUT2D eigenvalue weighted by molar-refractivity contribution is 6.10. The van der Waals surface area contributed by atoms with E-state index in [2.05, 4.69) is 15.3 Å². The number of aromatic nitrogens is 2. The van der Waals surface area contributed by atoms with E-state index in [-0.39, 0.29) is 33.8 Å². The summed E-state index contributed by atoms with van der Waals surface area (Å²) < 4.78 is 92.1. The van der Waals surface area contributed by atoms with Crippen LogP contribution in [0.15, 0.2) is 30.3 Å². The molecule has 1 amide bonds. The Labute approximate surface area is 219 Å². The number of aryl methyl sites for hydroxylation is 1. The average molecular weight is 557 g/mol. The van der Waals surface area contributed by atoms with Crippen molar-refractivity contribution in [1.29, 1.82) is 0 Å². The number of ether oxygens (including phenoxy) is 1. The largest absolute Gasteiger partial charge is 0.431 e. The molecule has 7 nitrogen and oxygen atoms in total. The lowest BCUT2D eigenvalue weighted by atomic mass is 9.91. The second-order valence-electron chi connectivity index (χ2n) is 9.96. The molecule has 1 aliphatic rings. The first-order chi connectivity index (χ1) is 17.9. The van der Waals surface area contributed by atoms with Gasteiger partial charge in [-0.1, -0.05) is 12.1 Å². The zero-order chi connectivity index (χ0) is 29.3. The van der Waals surface area contributed by atoms with E-state index in [0.29, 0.717) is 0 Å². The summed E-state index contributed by atoms with van der Waals surface area (Å²) in [6, 6.07) is 4.82. The predicted molar refractivity (Wildman–Crippen MR) is 131 cm³/mol. The van der Waals surface area contributed by atoms with Gasteiger partial charge < -0.3 is 20.1 Å². The van der Waals surface area contributed by atoms with E-state index in [1.807, 2.05) is 0 Å². The third-order valence-electron chi connectivity index (χ3n) is 6.93. The Morgan fingerprint density at radius 3 is 2.33 bits per heavy atom. The van der Waals surface area contributed by atoms with E-state index >= 15 is 4.39 Å². The standard InChI is InChI=1S/C26H26F6N4O3/c1-12(14-8-7-9-16(20(14)27)25(28,29)23(3,4)38)33-21-15-10-19-17(11-18(15)34-13(2)35-21)24(39-6,26(30,31)32)22(37)36(19)5/h7-12,38H,1-6H3,(H,33,34,35)/t12-,24?/m1/s1. The van der Waals surface area contributed by atoms with Gasteiger partial charge in [0.15, 0.2) is 0 Å². The average Bonchev–Trinajstić information content (AvgIpc) is 3.03. The summed E-state index contributed by atoms with van der Waals surface area (Å²) in [5, 5.41) is 13.0. The Hall–Kier alpha value is -3.45. The SMILES string of the molecule is COC1(C(F)(F)F)C(=O)N(C)c2cc3c(N[C@H](C)c4cccc(C(F)(F)C(C)(C)O)c4F)nc(C)nc3cc21. The minimum absolute atomic E-state index is 0.0486. The number of nitrogens with zero attached hydrogens (tertiary/aromatic N) is 3. The summed E-state index contributed by atoms with van der Waals surface area (Å²) in [5.74, 6) is -6.25. The quantitative estimate of drug-likeness (QED) is 0.391. The molecule has 0 bridgehead atoms. The van der Waals surface area contributed by atoms with Gasteiger partial charge in [-0.3, -0.25) is 4.79 Å². The van der Waals surface area contributed by atoms with Gasteiger partial charge in [-0.25, -0.2) is 14.4 Å². The fourth-order valence-corrected chi connectivity index (χ4v) is 4.74. The molecular formula is C26H26F6N4O3. The Morgan fingerprint density at radius 1 is 1.13 bits per heavy atom. The van der Waals surface area contributed by atoms with E-state index in [1.54, 1.807) is 0 Å². The van der Waals surface area contributed by atoms with Gasteiger partial charge in [0.05, 0.1) is 22.8 Å². The van der Waals surface area contributed by atoms with Gasteiger partial charge in [-0.05, 0) is 45.9 Å². The Bertz CT molecular complexity index is 1470. The van der Waals surface area contributed by atoms with Crippen molar-refractivity contribution in [2.45, 2.75) is 57.0 Å². The van der Waals surface area contributed by atoms with Gasteiger partial charge in [-0.15, -0.1) is 0 Å². The van der Waals surface area contributed by atoms with Gasteiger partial charge in [0, 0.05) is 30.7 Å². The number of aliphatic hydroxyl groups is 1. The van der Waals surface area contributed by atoms with Gasteiger partial charge >= 0.3 is 12.1 Å². The number of methoxy groups -OCH3 is 1. The molecule has 2 atom stereocenters. The summed E-state index contributed by atoms with van der Waals surface area (Å²) in [6.45, 7) is 4.70. The number of benzene rings is 2. The molecule has 0 spiro atoms. The Kier molecular flexibility index (Phi) is 6.63. The van der Waals surface area contributed by atoms with Crippen LogP contribution in [0.2, 0.25) is 0 Å². The van der Waals surface area contributed by atoms with Crippen LogP contribution in [0.25, 0.3) is 10.9 Å². The number of likely N-dealkylation sites (N-methyl/N-ethyl adjacent to an activating group) is 1. The second-order valence-corrected chi connectivity index (χ2v) is 9.96. The smallest absolute Gasteiger partial charge is 0.384 e. The zero-order valence-electron chi connectivity index (χ0n) is 21.8. The van der Waals surface area contributed by atoms with Crippen LogP contribution >= 0.6 is 0 Å². The number of halogens is 6. The third-order valence-corrected chi connectivity index (χ3v) is 6.93. The van der Waals surface area contributed by atoms with Crippen LogP contribution in [0.3, 0.4) is 0 Å². The number of amides is 1. The van der Waals surface area contributed by atoms with Crippen molar-refractivity contribution in [1.82, 2.24) is 9.97 Å². The maximum atomic E-state index is 15.3. The first-order valence-electron chi connectivity index (χ1n) is 11.8. The predicted octanol–water partition coefficient (Wildman–Crippen LogP) is 5.49. The number of carbonyl (C=O) groups excluding carboxylic acids is 1. The molecule has 4 rings (SSSR count). The first-order valence-corrected chi connectivity index (χ1v) is 11.8. The lowest BCUT2D eigenvalue weighted by Crippen LogP contribution is -2.51. The van der Waals surface area contributed by atoms with Gasteiger partial charge in [0.2, 0.25) is 0 Å². The van der Waals surface area contributed by atoms with Crippen molar-refractivity contribution in [3.63, 3.8) is 0 Å². The molecule has 210 valence electrons. The van der Waals surface area contributed by atoms with E-state index in [4.69, 9.17) is 4.74 Å². The Balaban J connectivity index is 1.84. The van der Waals surface area contributed by atoms with Gasteiger partial charge in [0.25, 0.3) is 11.5 Å². The highest BCUT2D eigenvalue weighted by atomic mass is 19.4. The molecule has 0 saturated carbocycles. The molecule has 13 heteroatoms. The van der Waals surface area contributed by atoms with E-state index in [9.17, 15) is 31.9 Å². The molecule has 1 unspecified atom stereocenters. The number of anilines is 2. The molecule has 39 heavy (non-hydrogen) atoms. The number of hydrogen-bond acceptors (Lipinski definition) is 6. The normalized spacial score (nSPS) is 19.0. The van der Waals surface area contributed by atoms with Crippen LogP contribution < -0.4 is 10.2 Å². The molecule has 2 heterocycles. The van der Waals surface area contributed by atoms with E-state index in [0.717, 1.165) is 38.0 Å². The number of alkyl halides is 5. The van der Waals surface area contributed by atoms with Gasteiger partial charge in [-0.2, -0.15) is 22.0 Å². The van der Waals surface area contributed by atoms with Crippen LogP contribution in [0.4, 0.5) is 37.8 Å². The summed E-state index contributed by atoms with van der Waals surface area (Å²) >= 11 is 0. The molecule has 2 N–H and O–H groups in total. The second kappa shape index (κ2) is 9.05. The van der Waals surface area contributed by atoms with Crippen molar-refractivity contribution < 1.29 is 41.0 Å². The summed E-state index contributed by atoms with van der Waals surface area (Å²) in [6.07, 6.45) is -5.07. The van der Waals surface area contributed by atoms with Crippen molar-refractivity contribution in [3.05, 3.63) is 58.7 Å². The minimum atomic E-state index is -5.07. The zero-order valence-corrected chi connectivity index (χ0v) is 21.8. The number of nitrogens with one attached hydrogen (secondary N) is 1. The van der Waals surface area contributed by atoms with Crippen molar-refractivity contribution in [2.24, 2.45) is 0 Å². The molecule has 3 aromatic rings. The number of rotatable bonds is 6. The van der Waals surface area contributed by atoms with E-state index < -0.39 is 52.2 Å². The van der Waals surface area contributed by atoms with E-state index in [1.165, 1.54) is 39.1 Å². The molecule has 1 aliphatic heterocycles. The monoisotopic (exact) mass is 556 g/mol. The fraction of sp³-hybridized carbons (Fsp3) is 0.423. The highest BCUT2D eigenvalue weighted by Gasteiger charge is 2.68. The summed E-state index contributed by atoms with van der Waals surface area (Å²) in [5.41, 5.74) is -7.40. The third kappa shape index (κ3) is 4.18. The number of carbonyl (C=O) groups is 1. The van der Waals surface area contributed by atoms with Crippen LogP contribution in [0.1, 0.15) is 49.3 Å². The van der Waals surface area contributed by atoms with Crippen molar-refractivity contribution in [3.8, 4) is 0 Å². The minimum Gasteiger partial charge on any atom is -0.384 e. The van der Waals surface area contributed by atoms with Crippen LogP contribution in [0.5, 0.6) is 0 Å². The molecule has 0 radical (unpaired) electrons. The summed E-state index contributed by atoms with van der Waals surface area (Å²) in [4.78, 5) is 22.1. The lowest BCUT2D eigenvalue weighted by molar-refractivity contribution is -0.262. The topological polar surface area (TPSA) is 87.6 Å².